The quantitative estimate of drug-likeness (QED) is 0.157. The van der Waals surface area contributed by atoms with E-state index < -0.39 is 0 Å². The molecule has 0 saturated carbocycles. The molecule has 0 fully saturated rings. The van der Waals surface area contributed by atoms with Gasteiger partial charge < -0.3 is 0 Å². The van der Waals surface area contributed by atoms with Crippen molar-refractivity contribution in [2.24, 2.45) is 0 Å². The van der Waals surface area contributed by atoms with Gasteiger partial charge in [-0.1, -0.05) is 188 Å². The maximum absolute atomic E-state index is 3.86. The third-order valence-electron chi connectivity index (χ3n) is 9.40. The fourth-order valence-corrected chi connectivity index (χ4v) is 6.60. The van der Waals surface area contributed by atoms with Crippen molar-refractivity contribution >= 4 is 23.3 Å². The second-order valence-electron chi connectivity index (χ2n) is 13.8. The Balaban J connectivity index is 0.000000203. The molecule has 2 aliphatic rings. The van der Waals surface area contributed by atoms with Crippen LogP contribution < -0.4 is 0 Å². The van der Waals surface area contributed by atoms with E-state index in [-0.39, 0.29) is 0 Å². The van der Waals surface area contributed by atoms with Gasteiger partial charge in [0, 0.05) is 0 Å². The standard InChI is InChI=1S/C31H26.C12H14.C9H12/c1-22-9-6-7-13-29(22)31-23(2)15-16-28-21-27(12-8-14-30(28)31)26-19-17-25(18-20-26)24-10-4-3-5-11-24;1-10(2)9-11(3)12-7-5-4-6-8-12;1-8(2)9-6-4-3-5-7-9/h3-11,13-21H,12H2,1-2H3;4-9H,1H2,2-3H3;4,6-7H,1,3,5H2,2H3/b;11-9+;. The summed E-state index contributed by atoms with van der Waals surface area (Å²) in [4.78, 5) is 0. The van der Waals surface area contributed by atoms with Gasteiger partial charge in [-0.2, -0.15) is 0 Å². The van der Waals surface area contributed by atoms with Crippen LogP contribution in [0.3, 0.4) is 0 Å². The van der Waals surface area contributed by atoms with E-state index in [1.54, 1.807) is 0 Å². The Morgan fingerprint density at radius 2 is 1.23 bits per heavy atom. The first-order valence-corrected chi connectivity index (χ1v) is 18.4. The molecule has 52 heavy (non-hydrogen) atoms. The highest BCUT2D eigenvalue weighted by Crippen LogP contribution is 2.37. The molecule has 0 bridgehead atoms. The lowest BCUT2D eigenvalue weighted by atomic mass is 9.89. The maximum atomic E-state index is 3.86. The van der Waals surface area contributed by atoms with E-state index in [0.717, 1.165) is 12.0 Å². The lowest BCUT2D eigenvalue weighted by Gasteiger charge is -2.15. The van der Waals surface area contributed by atoms with Crippen molar-refractivity contribution in [3.8, 4) is 22.3 Å². The van der Waals surface area contributed by atoms with Crippen LogP contribution in [0.15, 0.2) is 182 Å². The Hall–Kier alpha value is -5.72. The molecule has 0 saturated heterocycles. The van der Waals surface area contributed by atoms with Gasteiger partial charge in [0.05, 0.1) is 0 Å². The minimum atomic E-state index is 0.936. The number of benzene rings is 5. The second-order valence-corrected chi connectivity index (χ2v) is 13.8. The van der Waals surface area contributed by atoms with Crippen LogP contribution in [0.5, 0.6) is 0 Å². The van der Waals surface area contributed by atoms with Crippen LogP contribution >= 0.6 is 0 Å². The number of hydrogen-bond acceptors (Lipinski definition) is 0. The normalized spacial score (nSPS) is 13.2. The van der Waals surface area contributed by atoms with Gasteiger partial charge in [0.25, 0.3) is 0 Å². The summed E-state index contributed by atoms with van der Waals surface area (Å²) in [5, 5.41) is 0. The van der Waals surface area contributed by atoms with Crippen LogP contribution in [0, 0.1) is 13.8 Å². The van der Waals surface area contributed by atoms with Crippen LogP contribution in [0.25, 0.3) is 45.6 Å². The molecule has 0 spiro atoms. The van der Waals surface area contributed by atoms with Crippen LogP contribution in [0.2, 0.25) is 0 Å². The molecule has 260 valence electrons. The molecule has 0 atom stereocenters. The van der Waals surface area contributed by atoms with Crippen LogP contribution in [0.1, 0.15) is 73.4 Å². The van der Waals surface area contributed by atoms with Crippen molar-refractivity contribution in [1.29, 1.82) is 0 Å². The molecular formula is C52H52. The average molecular weight is 677 g/mol. The van der Waals surface area contributed by atoms with E-state index >= 15 is 0 Å². The molecule has 0 radical (unpaired) electrons. The summed E-state index contributed by atoms with van der Waals surface area (Å²) >= 11 is 0. The minimum Gasteiger partial charge on any atom is -0.0961 e. The Labute approximate surface area is 313 Å². The molecule has 0 amide bonds. The predicted octanol–water partition coefficient (Wildman–Crippen LogP) is 15.1. The molecule has 0 aliphatic heterocycles. The summed E-state index contributed by atoms with van der Waals surface area (Å²) in [5.41, 5.74) is 19.2. The Morgan fingerprint density at radius 1 is 0.596 bits per heavy atom. The summed E-state index contributed by atoms with van der Waals surface area (Å²) in [6.07, 6.45) is 19.0. The van der Waals surface area contributed by atoms with Gasteiger partial charge in [-0.25, -0.2) is 0 Å². The lowest BCUT2D eigenvalue weighted by molar-refractivity contribution is 1.02. The van der Waals surface area contributed by atoms with Crippen LogP contribution in [-0.2, 0) is 0 Å². The van der Waals surface area contributed by atoms with Gasteiger partial charge in [0.2, 0.25) is 0 Å². The number of rotatable bonds is 6. The number of fused-ring (bicyclic) bond motifs is 1. The first-order chi connectivity index (χ1) is 25.2. The maximum Gasteiger partial charge on any atom is -0.00736 e. The average Bonchev–Trinajstić information content (AvgIpc) is 3.39. The molecule has 5 aromatic carbocycles. The van der Waals surface area contributed by atoms with Crippen molar-refractivity contribution in [2.45, 2.75) is 53.9 Å². The van der Waals surface area contributed by atoms with Gasteiger partial charge in [0.15, 0.2) is 0 Å². The highest BCUT2D eigenvalue weighted by atomic mass is 14.2. The summed E-state index contributed by atoms with van der Waals surface area (Å²) < 4.78 is 0. The molecule has 5 aromatic rings. The molecule has 0 nitrogen and oxygen atoms in total. The highest BCUT2D eigenvalue weighted by Gasteiger charge is 2.15. The number of hydrogen-bond donors (Lipinski definition) is 0. The summed E-state index contributed by atoms with van der Waals surface area (Å²) in [5.74, 6) is 0. The van der Waals surface area contributed by atoms with Gasteiger partial charge in [-0.15, -0.1) is 0 Å². The van der Waals surface area contributed by atoms with Crippen molar-refractivity contribution in [3.05, 3.63) is 215 Å². The predicted molar refractivity (Wildman–Crippen MR) is 231 cm³/mol. The number of aryl methyl sites for hydroxylation is 2. The van der Waals surface area contributed by atoms with Gasteiger partial charge in [0.1, 0.15) is 0 Å². The van der Waals surface area contributed by atoms with E-state index in [9.17, 15) is 0 Å². The highest BCUT2D eigenvalue weighted by molar-refractivity contribution is 5.92. The summed E-state index contributed by atoms with van der Waals surface area (Å²) in [6.45, 7) is 18.3. The minimum absolute atomic E-state index is 0.936. The first-order valence-electron chi connectivity index (χ1n) is 18.4. The van der Waals surface area contributed by atoms with Crippen molar-refractivity contribution in [2.75, 3.05) is 0 Å². The molecule has 2 aliphatic carbocycles. The molecule has 7 rings (SSSR count). The van der Waals surface area contributed by atoms with Crippen LogP contribution in [0.4, 0.5) is 0 Å². The first kappa shape index (κ1) is 37.5. The van der Waals surface area contributed by atoms with E-state index in [1.165, 1.54) is 90.8 Å². The molecule has 0 unspecified atom stereocenters. The molecule has 0 N–H and O–H groups in total. The van der Waals surface area contributed by atoms with E-state index in [2.05, 4.69) is 180 Å². The molecule has 0 heterocycles. The smallest absolute Gasteiger partial charge is 0.00736 e. The zero-order chi connectivity index (χ0) is 36.9. The van der Waals surface area contributed by atoms with Gasteiger partial charge >= 0.3 is 0 Å². The largest absolute Gasteiger partial charge is 0.0961 e. The molecule has 0 heteroatoms. The van der Waals surface area contributed by atoms with E-state index in [1.807, 2.05) is 32.0 Å². The monoisotopic (exact) mass is 676 g/mol. The number of allylic oxidation sites excluding steroid dienone is 10. The Morgan fingerprint density at radius 3 is 1.85 bits per heavy atom. The third kappa shape index (κ3) is 10.2. The van der Waals surface area contributed by atoms with Crippen molar-refractivity contribution < 1.29 is 0 Å². The lowest BCUT2D eigenvalue weighted by Crippen LogP contribution is -1.93. The fourth-order valence-electron chi connectivity index (χ4n) is 6.60. The third-order valence-corrected chi connectivity index (χ3v) is 9.40. The second kappa shape index (κ2) is 18.5. The fraction of sp³-hybridized carbons (Fsp3) is 0.154. The summed E-state index contributed by atoms with van der Waals surface area (Å²) in [7, 11) is 0. The van der Waals surface area contributed by atoms with Gasteiger partial charge in [-0.3, -0.25) is 0 Å². The zero-order valence-corrected chi connectivity index (χ0v) is 31.6. The Kier molecular flexibility index (Phi) is 13.4. The van der Waals surface area contributed by atoms with Gasteiger partial charge in [-0.05, 0) is 126 Å². The summed E-state index contributed by atoms with van der Waals surface area (Å²) in [6, 6.07) is 43.1. The van der Waals surface area contributed by atoms with E-state index in [4.69, 9.17) is 0 Å². The van der Waals surface area contributed by atoms with E-state index in [0.29, 0.717) is 0 Å². The molecular weight excluding hydrogens is 625 g/mol. The zero-order valence-electron chi connectivity index (χ0n) is 31.6. The van der Waals surface area contributed by atoms with Crippen molar-refractivity contribution in [1.82, 2.24) is 0 Å². The Bertz CT molecular complexity index is 2140. The SMILES string of the molecule is C=C(C)/C=C(\C)c1ccccc1.C=C(C)C1=CCCC=C1.Cc1ccccc1-c1c(C)ccc2c1C=CCC(c1ccc(-c3ccccc3)cc1)=C2. The van der Waals surface area contributed by atoms with Crippen LogP contribution in [-0.4, -0.2) is 0 Å². The topological polar surface area (TPSA) is 0 Å². The van der Waals surface area contributed by atoms with Crippen molar-refractivity contribution in [3.63, 3.8) is 0 Å². The molecule has 0 aromatic heterocycles.